The van der Waals surface area contributed by atoms with Gasteiger partial charge in [-0.25, -0.2) is 9.78 Å². The zero-order valence-corrected chi connectivity index (χ0v) is 15.9. The average Bonchev–Trinajstić information content (AvgIpc) is 3.15. The predicted octanol–water partition coefficient (Wildman–Crippen LogP) is 5.37. The van der Waals surface area contributed by atoms with Crippen LogP contribution in [0.5, 0.6) is 5.75 Å². The minimum Gasteiger partial charge on any atom is -0.488 e. The maximum Gasteiger partial charge on any atom is 0.342 e. The van der Waals surface area contributed by atoms with Crippen LogP contribution in [0.3, 0.4) is 0 Å². The van der Waals surface area contributed by atoms with Crippen molar-refractivity contribution in [1.29, 1.82) is 0 Å². The summed E-state index contributed by atoms with van der Waals surface area (Å²) in [6.07, 6.45) is 0. The number of rotatable bonds is 7. The van der Waals surface area contributed by atoms with Crippen LogP contribution in [0, 0.1) is 0 Å². The van der Waals surface area contributed by atoms with Crippen molar-refractivity contribution in [2.75, 3.05) is 0 Å². The van der Waals surface area contributed by atoms with Gasteiger partial charge in [0.25, 0.3) is 0 Å². The number of imidazole rings is 1. The molecule has 0 radical (unpaired) electrons. The smallest absolute Gasteiger partial charge is 0.342 e. The Bertz CT molecular complexity index is 1160. The van der Waals surface area contributed by atoms with E-state index in [2.05, 4.69) is 4.98 Å². The Morgan fingerprint density at radius 2 is 1.60 bits per heavy atom. The largest absolute Gasteiger partial charge is 0.488 e. The third-order valence-electron chi connectivity index (χ3n) is 4.54. The van der Waals surface area contributed by atoms with Gasteiger partial charge in [0, 0.05) is 0 Å². The van der Waals surface area contributed by atoms with Gasteiger partial charge in [0.2, 0.25) is 0 Å². The van der Waals surface area contributed by atoms with Gasteiger partial charge in [-0.3, -0.25) is 4.57 Å². The van der Waals surface area contributed by atoms with E-state index in [9.17, 15) is 13.6 Å². The molecule has 0 unspecified atom stereocenters. The molecule has 1 heterocycles. The topological polar surface area (TPSA) is 53.3 Å². The van der Waals surface area contributed by atoms with E-state index < -0.39 is 12.5 Å². The Balaban J connectivity index is 1.50. The molecular formula is C23H18F2N2O3. The lowest BCUT2D eigenvalue weighted by Gasteiger charge is -2.12. The lowest BCUT2D eigenvalue weighted by Crippen LogP contribution is -2.12. The Kier molecular flexibility index (Phi) is 5.70. The van der Waals surface area contributed by atoms with Crippen LogP contribution in [0.15, 0.2) is 78.9 Å². The fourth-order valence-electron chi connectivity index (χ4n) is 3.12. The Morgan fingerprint density at radius 3 is 2.40 bits per heavy atom. The third-order valence-corrected chi connectivity index (χ3v) is 4.54. The highest BCUT2D eigenvalue weighted by atomic mass is 19.3. The van der Waals surface area contributed by atoms with Gasteiger partial charge in [-0.05, 0) is 29.8 Å². The molecule has 5 nitrogen and oxygen atoms in total. The summed E-state index contributed by atoms with van der Waals surface area (Å²) >= 11 is 0. The first-order valence-corrected chi connectivity index (χ1v) is 9.30. The molecule has 4 aromatic rings. The van der Waals surface area contributed by atoms with E-state index in [0.29, 0.717) is 11.3 Å². The highest BCUT2D eigenvalue weighted by molar-refractivity contribution is 5.92. The third kappa shape index (κ3) is 4.15. The van der Waals surface area contributed by atoms with E-state index in [-0.39, 0.29) is 30.1 Å². The SMILES string of the molecule is O=C(OCc1nc2ccccc2n1C(F)F)c1ccccc1OCc1ccccc1. The second-order valence-electron chi connectivity index (χ2n) is 6.51. The Hall–Kier alpha value is -3.74. The molecule has 152 valence electrons. The molecule has 0 saturated heterocycles. The highest BCUT2D eigenvalue weighted by Gasteiger charge is 2.20. The minimum absolute atomic E-state index is 0.0257. The molecule has 1 aromatic heterocycles. The molecule has 0 aliphatic heterocycles. The van der Waals surface area contributed by atoms with Crippen molar-refractivity contribution in [1.82, 2.24) is 9.55 Å². The fraction of sp³-hybridized carbons (Fsp3) is 0.130. The molecule has 0 fully saturated rings. The molecule has 30 heavy (non-hydrogen) atoms. The van der Waals surface area contributed by atoms with Crippen molar-refractivity contribution in [3.05, 3.63) is 95.8 Å². The van der Waals surface area contributed by atoms with E-state index in [1.807, 2.05) is 30.3 Å². The van der Waals surface area contributed by atoms with Crippen molar-refractivity contribution in [3.8, 4) is 5.75 Å². The summed E-state index contributed by atoms with van der Waals surface area (Å²) in [4.78, 5) is 16.8. The molecule has 0 saturated carbocycles. The van der Waals surface area contributed by atoms with Crippen LogP contribution < -0.4 is 4.74 Å². The fourth-order valence-corrected chi connectivity index (χ4v) is 3.12. The quantitative estimate of drug-likeness (QED) is 0.386. The number of ether oxygens (including phenoxy) is 2. The van der Waals surface area contributed by atoms with Crippen LogP contribution >= 0.6 is 0 Å². The van der Waals surface area contributed by atoms with Gasteiger partial charge in [-0.15, -0.1) is 0 Å². The first kappa shape index (κ1) is 19.6. The zero-order chi connectivity index (χ0) is 20.9. The summed E-state index contributed by atoms with van der Waals surface area (Å²) in [5.41, 5.74) is 1.86. The van der Waals surface area contributed by atoms with Gasteiger partial charge < -0.3 is 9.47 Å². The second kappa shape index (κ2) is 8.73. The summed E-state index contributed by atoms with van der Waals surface area (Å²) in [5.74, 6) is -0.345. The van der Waals surface area contributed by atoms with Gasteiger partial charge >= 0.3 is 12.5 Å². The Labute approximate surface area is 171 Å². The average molecular weight is 408 g/mol. The number of carbonyl (C=O) groups is 1. The normalized spacial score (nSPS) is 11.0. The first-order valence-electron chi connectivity index (χ1n) is 9.30. The lowest BCUT2D eigenvalue weighted by molar-refractivity contribution is 0.0383. The summed E-state index contributed by atoms with van der Waals surface area (Å²) in [5, 5.41) is 0. The molecule has 0 N–H and O–H groups in total. The van der Waals surface area contributed by atoms with E-state index >= 15 is 0 Å². The highest BCUT2D eigenvalue weighted by Crippen LogP contribution is 2.25. The van der Waals surface area contributed by atoms with Crippen LogP contribution in [0.2, 0.25) is 0 Å². The number of hydrogen-bond donors (Lipinski definition) is 0. The number of aromatic nitrogens is 2. The number of alkyl halides is 2. The predicted molar refractivity (Wildman–Crippen MR) is 107 cm³/mol. The number of carbonyl (C=O) groups excluding carboxylic acids is 1. The number of para-hydroxylation sites is 3. The number of fused-ring (bicyclic) bond motifs is 1. The van der Waals surface area contributed by atoms with Crippen molar-refractivity contribution < 1.29 is 23.0 Å². The van der Waals surface area contributed by atoms with Gasteiger partial charge in [0.15, 0.2) is 5.82 Å². The van der Waals surface area contributed by atoms with Crippen LogP contribution in [0.25, 0.3) is 11.0 Å². The molecule has 3 aromatic carbocycles. The summed E-state index contributed by atoms with van der Waals surface area (Å²) in [6.45, 7) is -2.90. The van der Waals surface area contributed by atoms with E-state index in [4.69, 9.17) is 9.47 Å². The summed E-state index contributed by atoms with van der Waals surface area (Å²) < 4.78 is 38.9. The molecule has 0 aliphatic carbocycles. The maximum atomic E-state index is 13.5. The molecular weight excluding hydrogens is 390 g/mol. The standard InChI is InChI=1S/C23H18F2N2O3/c24-23(25)27-19-12-6-5-11-18(19)26-21(27)15-30-22(28)17-10-4-7-13-20(17)29-14-16-8-2-1-3-9-16/h1-13,23H,14-15H2. The van der Waals surface area contributed by atoms with E-state index in [1.54, 1.807) is 48.5 Å². The number of hydrogen-bond acceptors (Lipinski definition) is 4. The minimum atomic E-state index is -2.80. The maximum absolute atomic E-state index is 13.5. The number of benzene rings is 3. The van der Waals surface area contributed by atoms with Crippen molar-refractivity contribution in [2.24, 2.45) is 0 Å². The molecule has 0 amide bonds. The monoisotopic (exact) mass is 408 g/mol. The van der Waals surface area contributed by atoms with Crippen LogP contribution in [-0.4, -0.2) is 15.5 Å². The second-order valence-corrected chi connectivity index (χ2v) is 6.51. The molecule has 4 rings (SSSR count). The van der Waals surface area contributed by atoms with Crippen LogP contribution in [0.4, 0.5) is 8.78 Å². The van der Waals surface area contributed by atoms with Gasteiger partial charge in [0.1, 0.15) is 24.5 Å². The van der Waals surface area contributed by atoms with E-state index in [1.165, 1.54) is 0 Å². The number of halogens is 2. The van der Waals surface area contributed by atoms with Crippen molar-refractivity contribution in [2.45, 2.75) is 19.8 Å². The van der Waals surface area contributed by atoms with Crippen LogP contribution in [0.1, 0.15) is 28.3 Å². The number of esters is 1. The number of nitrogens with zero attached hydrogens (tertiary/aromatic N) is 2. The van der Waals surface area contributed by atoms with E-state index in [0.717, 1.165) is 10.1 Å². The first-order chi connectivity index (χ1) is 14.6. The summed E-state index contributed by atoms with van der Waals surface area (Å²) in [7, 11) is 0. The van der Waals surface area contributed by atoms with Gasteiger partial charge in [-0.1, -0.05) is 54.6 Å². The Morgan fingerprint density at radius 1 is 0.900 bits per heavy atom. The molecule has 7 heteroatoms. The van der Waals surface area contributed by atoms with Gasteiger partial charge in [-0.2, -0.15) is 8.78 Å². The molecule has 0 spiro atoms. The van der Waals surface area contributed by atoms with Gasteiger partial charge in [0.05, 0.1) is 11.0 Å². The zero-order valence-electron chi connectivity index (χ0n) is 15.9. The molecule has 0 bridgehead atoms. The molecule has 0 aliphatic rings. The summed E-state index contributed by atoms with van der Waals surface area (Å²) in [6, 6.07) is 22.7. The van der Waals surface area contributed by atoms with Crippen molar-refractivity contribution in [3.63, 3.8) is 0 Å². The van der Waals surface area contributed by atoms with Crippen LogP contribution in [-0.2, 0) is 18.0 Å². The molecule has 0 atom stereocenters. The lowest BCUT2D eigenvalue weighted by atomic mass is 10.2. The van der Waals surface area contributed by atoms with Crippen molar-refractivity contribution >= 4 is 17.0 Å².